The quantitative estimate of drug-likeness (QED) is 0.520. The van der Waals surface area contributed by atoms with Crippen LogP contribution in [0.5, 0.6) is 5.75 Å². The number of nitrogens with one attached hydrogen (secondary N) is 1. The Hall–Kier alpha value is -2.57. The number of halogens is 1. The Morgan fingerprint density at radius 3 is 2.96 bits per heavy atom. The lowest BCUT2D eigenvalue weighted by Crippen LogP contribution is -1.96. The van der Waals surface area contributed by atoms with Crippen molar-refractivity contribution in [3.8, 4) is 17.2 Å². The van der Waals surface area contributed by atoms with Gasteiger partial charge in [-0.05, 0) is 30.3 Å². The van der Waals surface area contributed by atoms with Gasteiger partial charge in [-0.15, -0.1) is 11.3 Å². The molecule has 7 heteroatoms. The van der Waals surface area contributed by atoms with Crippen molar-refractivity contribution < 1.29 is 9.15 Å². The second-order valence-corrected chi connectivity index (χ2v) is 7.06. The Kier molecular flexibility index (Phi) is 4.29. The van der Waals surface area contributed by atoms with Crippen LogP contribution in [0.25, 0.3) is 22.6 Å². The second-order valence-electron chi connectivity index (χ2n) is 5.37. The van der Waals surface area contributed by atoms with E-state index in [1.807, 2.05) is 42.5 Å². The Balaban J connectivity index is 1.58. The van der Waals surface area contributed by atoms with Crippen molar-refractivity contribution in [3.05, 3.63) is 58.0 Å². The molecule has 0 unspecified atom stereocenters. The molecule has 0 amide bonds. The van der Waals surface area contributed by atoms with Crippen LogP contribution in [-0.2, 0) is 6.54 Å². The largest absolute Gasteiger partial charge is 0.497 e. The highest BCUT2D eigenvalue weighted by Gasteiger charge is 2.10. The first kappa shape index (κ1) is 15.9. The predicted molar refractivity (Wildman–Crippen MR) is 100 cm³/mol. The molecule has 2 aromatic carbocycles. The summed E-state index contributed by atoms with van der Waals surface area (Å²) in [5.74, 6) is 1.34. The van der Waals surface area contributed by atoms with Gasteiger partial charge in [0.25, 0.3) is 0 Å². The average molecular weight is 372 g/mol. The van der Waals surface area contributed by atoms with Gasteiger partial charge in [-0.2, -0.15) is 0 Å². The maximum absolute atomic E-state index is 5.91. The summed E-state index contributed by atoms with van der Waals surface area (Å²) in [7, 11) is 1.64. The fraction of sp³-hybridized carbons (Fsp3) is 0.111. The Bertz CT molecular complexity index is 1030. The molecule has 0 aliphatic rings. The van der Waals surface area contributed by atoms with Gasteiger partial charge in [0.05, 0.1) is 13.7 Å². The highest BCUT2D eigenvalue weighted by atomic mass is 35.5. The predicted octanol–water partition coefficient (Wildman–Crippen LogP) is 5.23. The van der Waals surface area contributed by atoms with Gasteiger partial charge in [0.2, 0.25) is 5.89 Å². The summed E-state index contributed by atoms with van der Waals surface area (Å²) in [6, 6.07) is 13.5. The van der Waals surface area contributed by atoms with Crippen LogP contribution in [0.4, 0.5) is 5.69 Å². The maximum Gasteiger partial charge on any atom is 0.227 e. The molecule has 4 aromatic rings. The first-order valence-corrected chi connectivity index (χ1v) is 8.80. The minimum absolute atomic E-state index is 0.547. The normalized spacial score (nSPS) is 11.0. The van der Waals surface area contributed by atoms with E-state index < -0.39 is 0 Å². The average Bonchev–Trinajstić information content (AvgIpc) is 3.25. The molecule has 1 N–H and O–H groups in total. The van der Waals surface area contributed by atoms with E-state index in [-0.39, 0.29) is 0 Å². The first-order valence-electron chi connectivity index (χ1n) is 7.60. The number of rotatable bonds is 5. The summed E-state index contributed by atoms with van der Waals surface area (Å²) in [5.41, 5.74) is 3.36. The molecule has 0 aliphatic heterocycles. The van der Waals surface area contributed by atoms with Crippen LogP contribution in [0.3, 0.4) is 0 Å². The molecule has 0 aliphatic carbocycles. The molecule has 0 bridgehead atoms. The fourth-order valence-corrected chi connectivity index (χ4v) is 3.39. The van der Waals surface area contributed by atoms with Crippen LogP contribution >= 0.6 is 22.9 Å². The van der Waals surface area contributed by atoms with E-state index in [2.05, 4.69) is 15.3 Å². The minimum Gasteiger partial charge on any atom is -0.497 e. The van der Waals surface area contributed by atoms with Gasteiger partial charge in [0, 0.05) is 28.4 Å². The standard InChI is InChI=1S/C18H14ClN3O2S/c1-23-13-4-2-3-11(7-13)17-22-15-6-5-12(8-16(15)24-17)20-9-14-10-21-18(19)25-14/h2-8,10,20H,9H2,1H3. The molecule has 0 saturated heterocycles. The number of nitrogens with zero attached hydrogens (tertiary/aromatic N) is 2. The Labute approximate surface area is 153 Å². The third-order valence-electron chi connectivity index (χ3n) is 3.70. The summed E-state index contributed by atoms with van der Waals surface area (Å²) >= 11 is 7.31. The van der Waals surface area contributed by atoms with Gasteiger partial charge in [-0.1, -0.05) is 17.7 Å². The van der Waals surface area contributed by atoms with Gasteiger partial charge in [-0.25, -0.2) is 9.97 Å². The molecule has 0 atom stereocenters. The van der Waals surface area contributed by atoms with Gasteiger partial charge >= 0.3 is 0 Å². The maximum atomic E-state index is 5.91. The van der Waals surface area contributed by atoms with Crippen molar-refractivity contribution in [2.24, 2.45) is 0 Å². The van der Waals surface area contributed by atoms with Gasteiger partial charge in [-0.3, -0.25) is 0 Å². The second kappa shape index (κ2) is 6.74. The van der Waals surface area contributed by atoms with E-state index in [4.69, 9.17) is 20.8 Å². The smallest absolute Gasteiger partial charge is 0.227 e. The number of hydrogen-bond acceptors (Lipinski definition) is 6. The van der Waals surface area contributed by atoms with Crippen LogP contribution in [0.15, 0.2) is 53.1 Å². The number of aromatic nitrogens is 2. The van der Waals surface area contributed by atoms with E-state index in [9.17, 15) is 0 Å². The van der Waals surface area contributed by atoms with Crippen LogP contribution in [0, 0.1) is 0 Å². The molecule has 25 heavy (non-hydrogen) atoms. The molecule has 126 valence electrons. The molecule has 0 fully saturated rings. The highest BCUT2D eigenvalue weighted by Crippen LogP contribution is 2.28. The monoisotopic (exact) mass is 371 g/mol. The number of anilines is 1. The van der Waals surface area contributed by atoms with Crippen molar-refractivity contribution in [2.75, 3.05) is 12.4 Å². The number of fused-ring (bicyclic) bond motifs is 1. The highest BCUT2D eigenvalue weighted by molar-refractivity contribution is 7.15. The van der Waals surface area contributed by atoms with E-state index in [0.29, 0.717) is 16.9 Å². The molecular formula is C18H14ClN3O2S. The number of hydrogen-bond donors (Lipinski definition) is 1. The van der Waals surface area contributed by atoms with Crippen molar-refractivity contribution in [1.82, 2.24) is 9.97 Å². The zero-order chi connectivity index (χ0) is 17.2. The number of methoxy groups -OCH3 is 1. The number of ether oxygens (including phenoxy) is 1. The number of benzene rings is 2. The molecule has 0 saturated carbocycles. The lowest BCUT2D eigenvalue weighted by atomic mass is 10.2. The summed E-state index contributed by atoms with van der Waals surface area (Å²) < 4.78 is 11.7. The van der Waals surface area contributed by atoms with E-state index >= 15 is 0 Å². The fourth-order valence-electron chi connectivity index (χ4n) is 2.47. The zero-order valence-electron chi connectivity index (χ0n) is 13.3. The summed E-state index contributed by atoms with van der Waals surface area (Å²) in [6.07, 6.45) is 1.77. The molecule has 4 rings (SSSR count). The minimum atomic E-state index is 0.547. The van der Waals surface area contributed by atoms with Crippen LogP contribution in [0.2, 0.25) is 4.47 Å². The van der Waals surface area contributed by atoms with Crippen molar-refractivity contribution in [2.45, 2.75) is 6.54 Å². The Morgan fingerprint density at radius 2 is 2.16 bits per heavy atom. The summed E-state index contributed by atoms with van der Waals surface area (Å²) in [5, 5.41) is 3.34. The molecule has 5 nitrogen and oxygen atoms in total. The number of thiazole rings is 1. The van der Waals surface area contributed by atoms with Crippen LogP contribution in [0.1, 0.15) is 4.88 Å². The van der Waals surface area contributed by atoms with Crippen molar-refractivity contribution in [3.63, 3.8) is 0 Å². The lowest BCUT2D eigenvalue weighted by molar-refractivity contribution is 0.415. The third-order valence-corrected chi connectivity index (χ3v) is 4.81. The van der Waals surface area contributed by atoms with Gasteiger partial charge in [0.15, 0.2) is 10.0 Å². The molecule has 2 aromatic heterocycles. The molecule has 0 spiro atoms. The van der Waals surface area contributed by atoms with Crippen LogP contribution < -0.4 is 10.1 Å². The molecule has 2 heterocycles. The third kappa shape index (κ3) is 3.45. The van der Waals surface area contributed by atoms with E-state index in [1.54, 1.807) is 13.3 Å². The summed E-state index contributed by atoms with van der Waals surface area (Å²) in [6.45, 7) is 0.659. The van der Waals surface area contributed by atoms with E-state index in [0.717, 1.165) is 33.0 Å². The molecule has 0 radical (unpaired) electrons. The van der Waals surface area contributed by atoms with Gasteiger partial charge < -0.3 is 14.5 Å². The Morgan fingerprint density at radius 1 is 1.24 bits per heavy atom. The summed E-state index contributed by atoms with van der Waals surface area (Å²) in [4.78, 5) is 9.65. The topological polar surface area (TPSA) is 60.2 Å². The van der Waals surface area contributed by atoms with E-state index in [1.165, 1.54) is 11.3 Å². The van der Waals surface area contributed by atoms with Crippen molar-refractivity contribution >= 4 is 39.7 Å². The molecular weight excluding hydrogens is 358 g/mol. The SMILES string of the molecule is COc1cccc(-c2nc3ccc(NCc4cnc(Cl)s4)cc3o2)c1. The van der Waals surface area contributed by atoms with Crippen LogP contribution in [-0.4, -0.2) is 17.1 Å². The van der Waals surface area contributed by atoms with Crippen molar-refractivity contribution in [1.29, 1.82) is 0 Å². The zero-order valence-corrected chi connectivity index (χ0v) is 14.9. The van der Waals surface area contributed by atoms with Gasteiger partial charge in [0.1, 0.15) is 11.3 Å². The first-order chi connectivity index (χ1) is 12.2. The lowest BCUT2D eigenvalue weighted by Gasteiger charge is -2.03. The number of oxazole rings is 1.